The van der Waals surface area contributed by atoms with Crippen LogP contribution in [0.5, 0.6) is 0 Å². The molecule has 1 unspecified atom stereocenters. The van der Waals surface area contributed by atoms with E-state index in [-0.39, 0.29) is 0 Å². The fourth-order valence-corrected chi connectivity index (χ4v) is 3.77. The van der Waals surface area contributed by atoms with Crippen molar-refractivity contribution in [3.05, 3.63) is 0 Å². The van der Waals surface area contributed by atoms with Gasteiger partial charge in [-0.1, -0.05) is 25.7 Å². The summed E-state index contributed by atoms with van der Waals surface area (Å²) in [6, 6.07) is 0. The Bertz CT molecular complexity index is 254. The van der Waals surface area contributed by atoms with Crippen molar-refractivity contribution in [3.63, 3.8) is 0 Å². The van der Waals surface area contributed by atoms with Crippen molar-refractivity contribution < 1.29 is 9.90 Å². The summed E-state index contributed by atoms with van der Waals surface area (Å²) < 4.78 is 0. The van der Waals surface area contributed by atoms with Gasteiger partial charge in [0.25, 0.3) is 0 Å². The zero-order chi connectivity index (χ0) is 13.4. The Morgan fingerprint density at radius 2 is 2.00 bits per heavy atom. The largest absolute Gasteiger partial charge is 0.480 e. The Labute approximate surface area is 115 Å². The zero-order valence-corrected chi connectivity index (χ0v) is 12.5. The number of unbranched alkanes of at least 4 members (excludes halogenated alkanes) is 1. The first-order chi connectivity index (χ1) is 8.58. The second-order valence-corrected chi connectivity index (χ2v) is 6.88. The first-order valence-electron chi connectivity index (χ1n) is 7.12. The molecule has 0 aliphatic heterocycles. The normalized spacial score (nSPS) is 20.6. The van der Waals surface area contributed by atoms with Crippen molar-refractivity contribution in [2.45, 2.75) is 69.1 Å². The number of carboxylic acids is 1. The Kier molecular flexibility index (Phi) is 7.08. The molecule has 2 N–H and O–H groups in total. The molecular weight excluding hydrogens is 246 g/mol. The van der Waals surface area contributed by atoms with E-state index in [2.05, 4.69) is 17.1 Å². The van der Waals surface area contributed by atoms with Crippen molar-refractivity contribution in [3.8, 4) is 0 Å². The second-order valence-electron chi connectivity index (χ2n) is 5.48. The smallest absolute Gasteiger partial charge is 0.323 e. The van der Waals surface area contributed by atoms with E-state index in [1.807, 2.05) is 0 Å². The maximum atomic E-state index is 11.1. The van der Waals surface area contributed by atoms with E-state index in [9.17, 15) is 4.79 Å². The molecule has 0 aromatic rings. The number of hydrogen-bond donors (Lipinski definition) is 2. The van der Waals surface area contributed by atoms with Crippen LogP contribution >= 0.6 is 11.8 Å². The predicted molar refractivity (Wildman–Crippen MR) is 78.3 cm³/mol. The van der Waals surface area contributed by atoms with Gasteiger partial charge in [-0.15, -0.1) is 0 Å². The van der Waals surface area contributed by atoms with E-state index in [0.717, 1.165) is 18.1 Å². The third-order valence-electron chi connectivity index (χ3n) is 4.00. The fourth-order valence-electron chi connectivity index (χ4n) is 2.40. The van der Waals surface area contributed by atoms with Crippen LogP contribution in [-0.2, 0) is 4.79 Å². The quantitative estimate of drug-likeness (QED) is 0.666. The maximum Gasteiger partial charge on any atom is 0.323 e. The molecule has 0 radical (unpaired) electrons. The van der Waals surface area contributed by atoms with Gasteiger partial charge in [0.1, 0.15) is 5.54 Å². The summed E-state index contributed by atoms with van der Waals surface area (Å²) in [5, 5.41) is 12.9. The van der Waals surface area contributed by atoms with Crippen LogP contribution in [0, 0.1) is 0 Å². The molecule has 1 saturated carbocycles. The van der Waals surface area contributed by atoms with Crippen LogP contribution in [0.1, 0.15) is 58.3 Å². The van der Waals surface area contributed by atoms with Gasteiger partial charge in [0, 0.05) is 5.25 Å². The average molecular weight is 273 g/mol. The summed E-state index contributed by atoms with van der Waals surface area (Å²) in [7, 11) is 1.73. The molecule has 18 heavy (non-hydrogen) atoms. The van der Waals surface area contributed by atoms with Gasteiger partial charge >= 0.3 is 5.97 Å². The zero-order valence-electron chi connectivity index (χ0n) is 11.7. The molecule has 1 aliphatic rings. The van der Waals surface area contributed by atoms with Gasteiger partial charge in [-0.2, -0.15) is 11.8 Å². The molecule has 0 aromatic carbocycles. The number of hydrogen-bond acceptors (Lipinski definition) is 3. The highest BCUT2D eigenvalue weighted by Crippen LogP contribution is 2.29. The Morgan fingerprint density at radius 1 is 1.33 bits per heavy atom. The van der Waals surface area contributed by atoms with E-state index >= 15 is 0 Å². The Morgan fingerprint density at radius 3 is 2.56 bits per heavy atom. The van der Waals surface area contributed by atoms with Crippen LogP contribution in [0.4, 0.5) is 0 Å². The number of carbonyl (C=O) groups is 1. The summed E-state index contributed by atoms with van der Waals surface area (Å²) in [5.74, 6) is 0.439. The number of carboxylic acid groups (broad SMARTS) is 1. The van der Waals surface area contributed by atoms with E-state index in [1.54, 1.807) is 14.0 Å². The molecule has 0 amide bonds. The third-order valence-corrected chi connectivity index (χ3v) is 5.47. The highest BCUT2D eigenvalue weighted by Gasteiger charge is 2.30. The van der Waals surface area contributed by atoms with E-state index < -0.39 is 11.5 Å². The van der Waals surface area contributed by atoms with Crippen LogP contribution in [0.25, 0.3) is 0 Å². The first-order valence-corrected chi connectivity index (χ1v) is 8.17. The van der Waals surface area contributed by atoms with Crippen LogP contribution in [0.3, 0.4) is 0 Å². The van der Waals surface area contributed by atoms with Crippen LogP contribution < -0.4 is 5.32 Å². The van der Waals surface area contributed by atoms with Gasteiger partial charge in [0.2, 0.25) is 0 Å². The third kappa shape index (κ3) is 5.19. The minimum absolute atomic E-state index is 0.712. The molecule has 1 aliphatic carbocycles. The standard InChI is InChI=1S/C14H27NO2S/c1-14(15-2,13(16)17)10-6-7-11-18-12-8-4-3-5-9-12/h12,15H,3-11H2,1-2H3,(H,16,17). The van der Waals surface area contributed by atoms with E-state index in [0.29, 0.717) is 6.42 Å². The summed E-state index contributed by atoms with van der Waals surface area (Å²) in [6.45, 7) is 1.77. The van der Waals surface area contributed by atoms with Gasteiger partial charge < -0.3 is 10.4 Å². The lowest BCUT2D eigenvalue weighted by Gasteiger charge is -2.24. The highest BCUT2D eigenvalue weighted by atomic mass is 32.2. The van der Waals surface area contributed by atoms with Gasteiger partial charge in [0.15, 0.2) is 0 Å². The van der Waals surface area contributed by atoms with Crippen LogP contribution in [0.2, 0.25) is 0 Å². The van der Waals surface area contributed by atoms with Crippen molar-refractivity contribution >= 4 is 17.7 Å². The van der Waals surface area contributed by atoms with Gasteiger partial charge in [-0.3, -0.25) is 4.79 Å². The van der Waals surface area contributed by atoms with Gasteiger partial charge in [0.05, 0.1) is 0 Å². The van der Waals surface area contributed by atoms with Crippen molar-refractivity contribution in [2.75, 3.05) is 12.8 Å². The van der Waals surface area contributed by atoms with Gasteiger partial charge in [-0.05, 0) is 45.4 Å². The molecular formula is C14H27NO2S. The number of rotatable bonds is 8. The number of aliphatic carboxylic acids is 1. The van der Waals surface area contributed by atoms with E-state index in [1.165, 1.54) is 37.9 Å². The molecule has 3 nitrogen and oxygen atoms in total. The highest BCUT2D eigenvalue weighted by molar-refractivity contribution is 7.99. The molecule has 1 atom stereocenters. The molecule has 1 rings (SSSR count). The Hall–Kier alpha value is -0.220. The molecule has 0 bridgehead atoms. The summed E-state index contributed by atoms with van der Waals surface area (Å²) in [6.07, 6.45) is 9.81. The van der Waals surface area contributed by atoms with Crippen molar-refractivity contribution in [1.29, 1.82) is 0 Å². The minimum Gasteiger partial charge on any atom is -0.480 e. The van der Waals surface area contributed by atoms with Crippen molar-refractivity contribution in [2.24, 2.45) is 0 Å². The SMILES string of the molecule is CNC(C)(CCCCSC1CCCCC1)C(=O)O. The van der Waals surface area contributed by atoms with E-state index in [4.69, 9.17) is 5.11 Å². The maximum absolute atomic E-state index is 11.1. The molecule has 0 spiro atoms. The monoisotopic (exact) mass is 273 g/mol. The molecule has 106 valence electrons. The number of likely N-dealkylation sites (N-methyl/N-ethyl adjacent to an activating group) is 1. The lowest BCUT2D eigenvalue weighted by molar-refractivity contribution is -0.144. The van der Waals surface area contributed by atoms with Gasteiger partial charge in [-0.25, -0.2) is 0 Å². The van der Waals surface area contributed by atoms with Crippen LogP contribution in [0.15, 0.2) is 0 Å². The fraction of sp³-hybridized carbons (Fsp3) is 0.929. The number of thioether (sulfide) groups is 1. The van der Waals surface area contributed by atoms with Crippen molar-refractivity contribution in [1.82, 2.24) is 5.32 Å². The topological polar surface area (TPSA) is 49.3 Å². The molecule has 4 heteroatoms. The second kappa shape index (κ2) is 8.05. The summed E-state index contributed by atoms with van der Waals surface area (Å²) in [4.78, 5) is 11.1. The minimum atomic E-state index is -0.754. The average Bonchev–Trinajstić information content (AvgIpc) is 2.39. The predicted octanol–water partition coefficient (Wildman–Crippen LogP) is 3.29. The molecule has 0 aromatic heterocycles. The Balaban J connectivity index is 2.08. The van der Waals surface area contributed by atoms with Crippen LogP contribution in [-0.4, -0.2) is 34.7 Å². The first kappa shape index (κ1) is 15.8. The summed E-state index contributed by atoms with van der Waals surface area (Å²) in [5.41, 5.74) is -0.754. The molecule has 1 fully saturated rings. The lowest BCUT2D eigenvalue weighted by Crippen LogP contribution is -2.47. The summed E-state index contributed by atoms with van der Waals surface area (Å²) >= 11 is 2.10. The lowest BCUT2D eigenvalue weighted by atomic mass is 9.95. The molecule has 0 heterocycles. The number of nitrogens with one attached hydrogen (secondary N) is 1. The molecule has 0 saturated heterocycles.